The summed E-state index contributed by atoms with van der Waals surface area (Å²) in [7, 11) is -3.70. The average Bonchev–Trinajstić information content (AvgIpc) is 3.12. The first-order chi connectivity index (χ1) is 12.3. The van der Waals surface area contributed by atoms with Gasteiger partial charge in [-0.2, -0.15) is 0 Å². The van der Waals surface area contributed by atoms with E-state index in [1.165, 1.54) is 12.5 Å². The number of nitrogens with zero attached hydrogens (tertiary/aromatic N) is 5. The lowest BCUT2D eigenvalue weighted by Gasteiger charge is -2.27. The van der Waals surface area contributed by atoms with Gasteiger partial charge in [0.1, 0.15) is 0 Å². The molecule has 0 bridgehead atoms. The summed E-state index contributed by atoms with van der Waals surface area (Å²) < 4.78 is 34.6. The second kappa shape index (κ2) is 7.68. The molecule has 0 atom stereocenters. The van der Waals surface area contributed by atoms with Crippen LogP contribution in [0.3, 0.4) is 0 Å². The summed E-state index contributed by atoms with van der Waals surface area (Å²) in [5, 5.41) is 0.00498. The quantitative estimate of drug-likeness (QED) is 0.793. The highest BCUT2D eigenvalue weighted by atomic mass is 32.2. The van der Waals surface area contributed by atoms with Crippen molar-refractivity contribution in [2.45, 2.75) is 38.4 Å². The highest BCUT2D eigenvalue weighted by Gasteiger charge is 2.19. The van der Waals surface area contributed by atoms with E-state index in [9.17, 15) is 8.42 Å². The third-order valence-electron chi connectivity index (χ3n) is 4.08. The third kappa shape index (κ3) is 4.37. The van der Waals surface area contributed by atoms with Crippen LogP contribution in [0.1, 0.15) is 31.3 Å². The first-order valence-corrected chi connectivity index (χ1v) is 10.0. The molecule has 1 aliphatic rings. The molecule has 0 saturated carbocycles. The second-order valence-electron chi connectivity index (χ2n) is 6.48. The lowest BCUT2D eigenvalue weighted by molar-refractivity contribution is 0.122. The van der Waals surface area contributed by atoms with E-state index in [1.54, 1.807) is 10.6 Å². The van der Waals surface area contributed by atoms with Crippen molar-refractivity contribution < 1.29 is 13.2 Å². The molecule has 2 aromatic heterocycles. The third-order valence-corrected chi connectivity index (χ3v) is 5.37. The molecule has 1 saturated heterocycles. The Morgan fingerprint density at radius 3 is 2.65 bits per heavy atom. The SMILES string of the molecule is Cc1cc(CNS(=O)(=O)c2cn(C(C)C)cn2)nc(N2CCOCC2)n1. The molecular weight excluding hydrogens is 356 g/mol. The van der Waals surface area contributed by atoms with Gasteiger partial charge in [-0.15, -0.1) is 0 Å². The lowest BCUT2D eigenvalue weighted by Crippen LogP contribution is -2.37. The molecule has 3 heterocycles. The summed E-state index contributed by atoms with van der Waals surface area (Å²) in [4.78, 5) is 15.0. The Bertz CT molecular complexity index is 859. The molecular formula is C16H24N6O3S. The van der Waals surface area contributed by atoms with E-state index >= 15 is 0 Å². The number of nitrogens with one attached hydrogen (secondary N) is 1. The largest absolute Gasteiger partial charge is 0.378 e. The predicted molar refractivity (Wildman–Crippen MR) is 96.4 cm³/mol. The van der Waals surface area contributed by atoms with Gasteiger partial charge in [0.05, 0.1) is 31.8 Å². The van der Waals surface area contributed by atoms with E-state index in [0.29, 0.717) is 24.9 Å². The number of sulfonamides is 1. The number of hydrogen-bond acceptors (Lipinski definition) is 7. The van der Waals surface area contributed by atoms with Gasteiger partial charge >= 0.3 is 0 Å². The van der Waals surface area contributed by atoms with Gasteiger partial charge < -0.3 is 14.2 Å². The van der Waals surface area contributed by atoms with Crippen molar-refractivity contribution in [2.75, 3.05) is 31.2 Å². The molecule has 0 spiro atoms. The summed E-state index contributed by atoms with van der Waals surface area (Å²) in [5.74, 6) is 0.603. The summed E-state index contributed by atoms with van der Waals surface area (Å²) in [6, 6.07) is 1.92. The molecule has 1 fully saturated rings. The Hall–Kier alpha value is -2.04. The van der Waals surface area contributed by atoms with Gasteiger partial charge in [0, 0.05) is 31.0 Å². The van der Waals surface area contributed by atoms with Crippen molar-refractivity contribution in [3.8, 4) is 0 Å². The van der Waals surface area contributed by atoms with E-state index < -0.39 is 10.0 Å². The number of hydrogen-bond donors (Lipinski definition) is 1. The van der Waals surface area contributed by atoms with E-state index in [4.69, 9.17) is 4.74 Å². The molecule has 0 unspecified atom stereocenters. The number of ether oxygens (including phenoxy) is 1. The second-order valence-corrected chi connectivity index (χ2v) is 8.19. The van der Waals surface area contributed by atoms with Crippen molar-refractivity contribution >= 4 is 16.0 Å². The molecule has 0 aromatic carbocycles. The predicted octanol–water partition coefficient (Wildman–Crippen LogP) is 0.878. The molecule has 1 aliphatic heterocycles. The molecule has 1 N–H and O–H groups in total. The maximum atomic E-state index is 12.5. The van der Waals surface area contributed by atoms with Gasteiger partial charge in [-0.25, -0.2) is 28.1 Å². The van der Waals surface area contributed by atoms with Gasteiger partial charge in [0.25, 0.3) is 10.0 Å². The van der Waals surface area contributed by atoms with Gasteiger partial charge in [0.15, 0.2) is 5.03 Å². The summed E-state index contributed by atoms with van der Waals surface area (Å²) in [5.41, 5.74) is 1.41. The molecule has 10 heteroatoms. The Balaban J connectivity index is 1.72. The molecule has 0 aliphatic carbocycles. The fourth-order valence-electron chi connectivity index (χ4n) is 2.59. The highest BCUT2D eigenvalue weighted by Crippen LogP contribution is 2.14. The van der Waals surface area contributed by atoms with Crippen LogP contribution in [-0.2, 0) is 21.3 Å². The normalized spacial score (nSPS) is 15.6. The first-order valence-electron chi connectivity index (χ1n) is 8.55. The highest BCUT2D eigenvalue weighted by molar-refractivity contribution is 7.89. The smallest absolute Gasteiger partial charge is 0.259 e. The van der Waals surface area contributed by atoms with Crippen molar-refractivity contribution in [2.24, 2.45) is 0 Å². The van der Waals surface area contributed by atoms with Crippen LogP contribution in [0.4, 0.5) is 5.95 Å². The van der Waals surface area contributed by atoms with Gasteiger partial charge in [-0.3, -0.25) is 0 Å². The Kier molecular flexibility index (Phi) is 5.54. The average molecular weight is 380 g/mol. The van der Waals surface area contributed by atoms with E-state index in [1.807, 2.05) is 25.7 Å². The maximum absolute atomic E-state index is 12.5. The number of anilines is 1. The van der Waals surface area contributed by atoms with Crippen LogP contribution < -0.4 is 9.62 Å². The molecule has 26 heavy (non-hydrogen) atoms. The minimum atomic E-state index is -3.70. The van der Waals surface area contributed by atoms with E-state index in [2.05, 4.69) is 19.7 Å². The van der Waals surface area contributed by atoms with Crippen molar-refractivity contribution in [1.82, 2.24) is 24.2 Å². The van der Waals surface area contributed by atoms with Gasteiger partial charge in [0.2, 0.25) is 5.95 Å². The van der Waals surface area contributed by atoms with E-state index in [-0.39, 0.29) is 17.6 Å². The lowest BCUT2D eigenvalue weighted by atomic mass is 10.3. The van der Waals surface area contributed by atoms with Crippen LogP contribution in [0.15, 0.2) is 23.6 Å². The van der Waals surface area contributed by atoms with Crippen LogP contribution in [0.25, 0.3) is 0 Å². The van der Waals surface area contributed by atoms with Crippen LogP contribution in [0.5, 0.6) is 0 Å². The number of rotatable bonds is 6. The van der Waals surface area contributed by atoms with Gasteiger partial charge in [-0.05, 0) is 26.8 Å². The Morgan fingerprint density at radius 1 is 1.27 bits per heavy atom. The van der Waals surface area contributed by atoms with Crippen molar-refractivity contribution in [3.05, 3.63) is 30.0 Å². The zero-order chi connectivity index (χ0) is 18.7. The summed E-state index contributed by atoms with van der Waals surface area (Å²) >= 11 is 0. The van der Waals surface area contributed by atoms with Crippen LogP contribution >= 0.6 is 0 Å². The zero-order valence-corrected chi connectivity index (χ0v) is 16.0. The number of morpholine rings is 1. The maximum Gasteiger partial charge on any atom is 0.259 e. The van der Waals surface area contributed by atoms with Crippen LogP contribution in [0.2, 0.25) is 0 Å². The van der Waals surface area contributed by atoms with Crippen LogP contribution in [-0.4, -0.2) is 54.2 Å². The zero-order valence-electron chi connectivity index (χ0n) is 15.2. The fraction of sp³-hybridized carbons (Fsp3) is 0.562. The summed E-state index contributed by atoms with van der Waals surface area (Å²) in [6.07, 6.45) is 3.04. The molecule has 9 nitrogen and oxygen atoms in total. The topological polar surface area (TPSA) is 102 Å². The minimum absolute atomic E-state index is 0.00498. The van der Waals surface area contributed by atoms with Crippen molar-refractivity contribution in [3.63, 3.8) is 0 Å². The summed E-state index contributed by atoms with van der Waals surface area (Å²) in [6.45, 7) is 8.59. The first kappa shape index (κ1) is 18.7. The van der Waals surface area contributed by atoms with Crippen LogP contribution in [0, 0.1) is 6.92 Å². The van der Waals surface area contributed by atoms with Crippen molar-refractivity contribution in [1.29, 1.82) is 0 Å². The van der Waals surface area contributed by atoms with Gasteiger partial charge in [-0.1, -0.05) is 0 Å². The number of imidazole rings is 1. The molecule has 142 valence electrons. The number of aryl methyl sites for hydroxylation is 1. The molecule has 2 aromatic rings. The standard InChI is InChI=1S/C16H24N6O3S/c1-12(2)22-10-15(17-11-22)26(23,24)18-9-14-8-13(3)19-16(20-14)21-4-6-25-7-5-21/h8,10-12,18H,4-7,9H2,1-3H3. The molecule has 0 radical (unpaired) electrons. The Labute approximate surface area is 153 Å². The molecule has 3 rings (SSSR count). The Morgan fingerprint density at radius 2 is 2.00 bits per heavy atom. The fourth-order valence-corrected chi connectivity index (χ4v) is 3.53. The number of aromatic nitrogens is 4. The van der Waals surface area contributed by atoms with E-state index in [0.717, 1.165) is 18.8 Å². The monoisotopic (exact) mass is 380 g/mol. The molecule has 0 amide bonds. The minimum Gasteiger partial charge on any atom is -0.378 e.